The average molecular weight is 391 g/mol. The van der Waals surface area contributed by atoms with E-state index < -0.39 is 0 Å². The maximum atomic E-state index is 10.5. The van der Waals surface area contributed by atoms with Crippen LogP contribution in [0.5, 0.6) is 5.75 Å². The van der Waals surface area contributed by atoms with Crippen LogP contribution in [0.2, 0.25) is 0 Å². The minimum Gasteiger partial charge on any atom is -0.507 e. The minimum absolute atomic E-state index is 0.141. The number of phenols is 1. The second kappa shape index (κ2) is 7.15. The number of oxazole rings is 1. The number of benzene rings is 1. The zero-order valence-corrected chi connectivity index (χ0v) is 16.7. The predicted octanol–water partition coefficient (Wildman–Crippen LogP) is 3.53. The first-order chi connectivity index (χ1) is 14.1. The molecular weight excluding hydrogens is 366 g/mol. The molecule has 2 bridgehead atoms. The Hall–Kier alpha value is -2.93. The van der Waals surface area contributed by atoms with E-state index >= 15 is 0 Å². The molecule has 1 aromatic carbocycles. The van der Waals surface area contributed by atoms with E-state index in [1.54, 1.807) is 19.2 Å². The lowest BCUT2D eigenvalue weighted by atomic mass is 9.98. The number of anilines is 1. The fourth-order valence-corrected chi connectivity index (χ4v) is 4.58. The van der Waals surface area contributed by atoms with Crippen molar-refractivity contribution in [3.05, 3.63) is 42.4 Å². The fourth-order valence-electron chi connectivity index (χ4n) is 4.58. The highest BCUT2D eigenvalue weighted by Gasteiger charge is 2.35. The molecule has 29 heavy (non-hydrogen) atoms. The summed E-state index contributed by atoms with van der Waals surface area (Å²) in [6.45, 7) is 1.79. The Morgan fingerprint density at radius 2 is 1.90 bits per heavy atom. The average Bonchev–Trinajstić information content (AvgIpc) is 3.32. The van der Waals surface area contributed by atoms with Gasteiger partial charge in [-0.3, -0.25) is 0 Å². The van der Waals surface area contributed by atoms with E-state index in [4.69, 9.17) is 4.42 Å². The summed E-state index contributed by atoms with van der Waals surface area (Å²) in [6.07, 6.45) is 6.52. The lowest BCUT2D eigenvalue weighted by Gasteiger charge is -2.36. The van der Waals surface area contributed by atoms with Crippen LogP contribution in [0.15, 0.2) is 40.9 Å². The zero-order valence-electron chi connectivity index (χ0n) is 16.7. The Kier molecular flexibility index (Phi) is 4.47. The van der Waals surface area contributed by atoms with Crippen molar-refractivity contribution in [3.63, 3.8) is 0 Å². The summed E-state index contributed by atoms with van der Waals surface area (Å²) in [5, 5.41) is 23.0. The van der Waals surface area contributed by atoms with Gasteiger partial charge in [0.2, 0.25) is 0 Å². The zero-order chi connectivity index (χ0) is 20.0. The highest BCUT2D eigenvalue weighted by molar-refractivity contribution is 5.72. The summed E-state index contributed by atoms with van der Waals surface area (Å²) in [6, 6.07) is 11.1. The number of rotatable bonds is 4. The van der Waals surface area contributed by atoms with Gasteiger partial charge in [-0.2, -0.15) is 0 Å². The molecular formula is C22H25N5O2. The first-order valence-electron chi connectivity index (χ1n) is 10.2. The monoisotopic (exact) mass is 391 g/mol. The minimum atomic E-state index is 0.141. The number of phenolic OH excluding ortho intramolecular Hbond substituents is 1. The smallest absolute Gasteiger partial charge is 0.191 e. The number of aromatic hydroxyl groups is 1. The van der Waals surface area contributed by atoms with Gasteiger partial charge >= 0.3 is 0 Å². The van der Waals surface area contributed by atoms with Gasteiger partial charge in [0.25, 0.3) is 0 Å². The summed E-state index contributed by atoms with van der Waals surface area (Å²) in [5.41, 5.74) is 2.06. The molecule has 3 aromatic rings. The molecule has 2 fully saturated rings. The lowest BCUT2D eigenvalue weighted by Crippen LogP contribution is -2.47. The molecule has 3 atom stereocenters. The molecule has 0 aliphatic carbocycles. The van der Waals surface area contributed by atoms with E-state index in [9.17, 15) is 5.11 Å². The van der Waals surface area contributed by atoms with Gasteiger partial charge in [-0.15, -0.1) is 10.2 Å². The third-order valence-corrected chi connectivity index (χ3v) is 6.19. The highest BCUT2D eigenvalue weighted by atomic mass is 16.4. The summed E-state index contributed by atoms with van der Waals surface area (Å²) < 4.78 is 5.53. The number of nitrogens with one attached hydrogen (secondary N) is 1. The van der Waals surface area contributed by atoms with Crippen LogP contribution in [-0.2, 0) is 0 Å². The van der Waals surface area contributed by atoms with E-state index in [0.29, 0.717) is 41.0 Å². The van der Waals surface area contributed by atoms with Crippen LogP contribution in [-0.4, -0.2) is 45.5 Å². The van der Waals surface area contributed by atoms with E-state index in [1.165, 1.54) is 12.8 Å². The molecule has 2 saturated heterocycles. The summed E-state index contributed by atoms with van der Waals surface area (Å²) in [5.74, 6) is 2.23. The van der Waals surface area contributed by atoms with E-state index in [0.717, 1.165) is 24.2 Å². The Morgan fingerprint density at radius 3 is 2.52 bits per heavy atom. The number of fused-ring (bicyclic) bond motifs is 2. The predicted molar refractivity (Wildman–Crippen MR) is 111 cm³/mol. The standard InChI is InChI=1S/C22H25N5O2/c1-13-23-12-21(29-13)14-3-6-18(20(28)9-14)19-7-8-22(26-25-19)27(2)17-10-15-4-5-16(11-17)24-15/h3,6-9,12,15-17,24,28H,4-5,10-11H2,1-2H3/t15-,16+,17+. The second-order valence-electron chi connectivity index (χ2n) is 8.13. The quantitative estimate of drug-likeness (QED) is 0.703. The topological polar surface area (TPSA) is 87.3 Å². The number of aryl methyl sites for hydroxylation is 1. The van der Waals surface area contributed by atoms with Crippen LogP contribution in [0.25, 0.3) is 22.6 Å². The van der Waals surface area contributed by atoms with Crippen LogP contribution >= 0.6 is 0 Å². The van der Waals surface area contributed by atoms with Crippen molar-refractivity contribution >= 4 is 5.82 Å². The molecule has 0 spiro atoms. The maximum absolute atomic E-state index is 10.5. The summed E-state index contributed by atoms with van der Waals surface area (Å²) in [7, 11) is 2.10. The van der Waals surface area contributed by atoms with E-state index in [1.807, 2.05) is 24.3 Å². The third kappa shape index (κ3) is 3.46. The molecule has 0 radical (unpaired) electrons. The summed E-state index contributed by atoms with van der Waals surface area (Å²) in [4.78, 5) is 6.35. The van der Waals surface area contributed by atoms with Crippen molar-refractivity contribution in [2.75, 3.05) is 11.9 Å². The first-order valence-corrected chi connectivity index (χ1v) is 10.2. The van der Waals surface area contributed by atoms with Crippen molar-refractivity contribution in [2.24, 2.45) is 0 Å². The van der Waals surface area contributed by atoms with Gasteiger partial charge in [0, 0.05) is 43.2 Å². The Morgan fingerprint density at radius 1 is 1.10 bits per heavy atom. The molecule has 0 amide bonds. The molecule has 0 unspecified atom stereocenters. The van der Waals surface area contributed by atoms with Crippen LogP contribution in [0.4, 0.5) is 5.82 Å². The van der Waals surface area contributed by atoms with Crippen molar-refractivity contribution < 1.29 is 9.52 Å². The normalized spacial score (nSPS) is 23.3. The van der Waals surface area contributed by atoms with Crippen LogP contribution in [0.1, 0.15) is 31.6 Å². The first kappa shape index (κ1) is 18.1. The molecule has 2 aromatic heterocycles. The Labute approximate surface area is 169 Å². The van der Waals surface area contributed by atoms with Gasteiger partial charge in [-0.25, -0.2) is 4.98 Å². The van der Waals surface area contributed by atoms with Crippen LogP contribution in [0, 0.1) is 6.92 Å². The number of hydrogen-bond donors (Lipinski definition) is 2. The van der Waals surface area contributed by atoms with Crippen molar-refractivity contribution in [2.45, 2.75) is 50.7 Å². The largest absolute Gasteiger partial charge is 0.507 e. The van der Waals surface area contributed by atoms with Crippen LogP contribution < -0.4 is 10.2 Å². The Balaban J connectivity index is 1.34. The van der Waals surface area contributed by atoms with Crippen LogP contribution in [0.3, 0.4) is 0 Å². The number of piperidine rings is 1. The molecule has 2 aliphatic heterocycles. The Bertz CT molecular complexity index is 1000. The molecule has 4 heterocycles. The highest BCUT2D eigenvalue weighted by Crippen LogP contribution is 2.34. The fraction of sp³-hybridized carbons (Fsp3) is 0.409. The number of hydrogen-bond acceptors (Lipinski definition) is 7. The van der Waals surface area contributed by atoms with Crippen molar-refractivity contribution in [1.29, 1.82) is 0 Å². The number of nitrogens with zero attached hydrogens (tertiary/aromatic N) is 4. The molecule has 2 N–H and O–H groups in total. The molecule has 7 nitrogen and oxygen atoms in total. The van der Waals surface area contributed by atoms with Crippen molar-refractivity contribution in [1.82, 2.24) is 20.5 Å². The van der Waals surface area contributed by atoms with Gasteiger partial charge in [0.15, 0.2) is 17.5 Å². The van der Waals surface area contributed by atoms with E-state index in [2.05, 4.69) is 32.4 Å². The molecule has 5 rings (SSSR count). The molecule has 2 aliphatic rings. The number of aromatic nitrogens is 3. The van der Waals surface area contributed by atoms with Gasteiger partial charge in [0.05, 0.1) is 11.9 Å². The third-order valence-electron chi connectivity index (χ3n) is 6.19. The molecule has 150 valence electrons. The SMILES string of the molecule is Cc1ncc(-c2ccc(-c3ccc(N(C)[C@H]4C[C@H]5CC[C@@H](C4)N5)nn3)c(O)c2)o1. The van der Waals surface area contributed by atoms with Crippen molar-refractivity contribution in [3.8, 4) is 28.3 Å². The van der Waals surface area contributed by atoms with Gasteiger partial charge in [0.1, 0.15) is 5.75 Å². The van der Waals surface area contributed by atoms with Gasteiger partial charge in [-0.1, -0.05) is 6.07 Å². The van der Waals surface area contributed by atoms with Gasteiger partial charge in [-0.05, 0) is 49.9 Å². The maximum Gasteiger partial charge on any atom is 0.191 e. The lowest BCUT2D eigenvalue weighted by molar-refractivity contribution is 0.353. The molecule has 7 heteroatoms. The van der Waals surface area contributed by atoms with Gasteiger partial charge < -0.3 is 19.7 Å². The van der Waals surface area contributed by atoms with E-state index in [-0.39, 0.29) is 5.75 Å². The molecule has 0 saturated carbocycles. The second-order valence-corrected chi connectivity index (χ2v) is 8.13. The summed E-state index contributed by atoms with van der Waals surface area (Å²) >= 11 is 0.